The highest BCUT2D eigenvalue weighted by atomic mass is 16.2. The summed E-state index contributed by atoms with van der Waals surface area (Å²) in [5.74, 6) is -0.0651. The molecule has 0 aromatic heterocycles. The summed E-state index contributed by atoms with van der Waals surface area (Å²) in [5, 5.41) is 2.86. The van der Waals surface area contributed by atoms with Crippen molar-refractivity contribution in [3.63, 3.8) is 0 Å². The SMILES string of the molecule is O=C(CN1C(=O)NC2(CCCCC2)C1=O)C1CCCCC1. The van der Waals surface area contributed by atoms with Crippen LogP contribution >= 0.6 is 0 Å². The number of amides is 3. The van der Waals surface area contributed by atoms with Crippen molar-refractivity contribution in [2.45, 2.75) is 69.7 Å². The van der Waals surface area contributed by atoms with Gasteiger partial charge in [-0.3, -0.25) is 14.5 Å². The van der Waals surface area contributed by atoms with E-state index in [1.807, 2.05) is 0 Å². The van der Waals surface area contributed by atoms with E-state index in [1.165, 1.54) is 11.3 Å². The van der Waals surface area contributed by atoms with Gasteiger partial charge in [0.05, 0.1) is 6.54 Å². The van der Waals surface area contributed by atoms with Gasteiger partial charge < -0.3 is 5.32 Å². The zero-order valence-corrected chi connectivity index (χ0v) is 12.5. The zero-order valence-electron chi connectivity index (χ0n) is 12.5. The van der Waals surface area contributed by atoms with E-state index in [4.69, 9.17) is 0 Å². The summed E-state index contributed by atoms with van der Waals surface area (Å²) in [5.41, 5.74) is -0.706. The molecule has 5 heteroatoms. The first kappa shape index (κ1) is 14.5. The molecule has 116 valence electrons. The lowest BCUT2D eigenvalue weighted by Crippen LogP contribution is -2.48. The van der Waals surface area contributed by atoms with Gasteiger partial charge in [-0.05, 0) is 25.7 Å². The number of nitrogens with one attached hydrogen (secondary N) is 1. The van der Waals surface area contributed by atoms with Crippen molar-refractivity contribution in [3.05, 3.63) is 0 Å². The van der Waals surface area contributed by atoms with Crippen molar-refractivity contribution in [2.24, 2.45) is 5.92 Å². The Morgan fingerprint density at radius 3 is 2.33 bits per heavy atom. The molecule has 1 saturated heterocycles. The molecule has 2 aliphatic carbocycles. The van der Waals surface area contributed by atoms with E-state index < -0.39 is 5.54 Å². The lowest BCUT2D eigenvalue weighted by Gasteiger charge is -2.30. The van der Waals surface area contributed by atoms with E-state index >= 15 is 0 Å². The minimum atomic E-state index is -0.706. The number of Topliss-reactive ketones (excluding diaryl/α,β-unsaturated/α-hetero) is 1. The summed E-state index contributed by atoms with van der Waals surface area (Å²) in [4.78, 5) is 38.2. The van der Waals surface area contributed by atoms with Gasteiger partial charge in [0, 0.05) is 5.92 Å². The Morgan fingerprint density at radius 1 is 1.05 bits per heavy atom. The highest BCUT2D eigenvalue weighted by molar-refractivity contribution is 6.09. The number of carbonyl (C=O) groups excluding carboxylic acids is 3. The van der Waals surface area contributed by atoms with Crippen LogP contribution in [0.3, 0.4) is 0 Å². The van der Waals surface area contributed by atoms with Gasteiger partial charge in [-0.25, -0.2) is 4.79 Å². The van der Waals surface area contributed by atoms with E-state index in [2.05, 4.69) is 5.32 Å². The second kappa shape index (κ2) is 5.78. The Hall–Kier alpha value is -1.39. The van der Waals surface area contributed by atoms with Gasteiger partial charge in [0.15, 0.2) is 5.78 Å². The fourth-order valence-electron chi connectivity index (χ4n) is 4.02. The van der Waals surface area contributed by atoms with Gasteiger partial charge >= 0.3 is 6.03 Å². The molecular weight excluding hydrogens is 268 g/mol. The highest BCUT2D eigenvalue weighted by Crippen LogP contribution is 2.34. The van der Waals surface area contributed by atoms with E-state index in [9.17, 15) is 14.4 Å². The third kappa shape index (κ3) is 2.70. The smallest absolute Gasteiger partial charge is 0.323 e. The molecule has 0 bridgehead atoms. The van der Waals surface area contributed by atoms with Crippen molar-refractivity contribution < 1.29 is 14.4 Å². The first-order valence-corrected chi connectivity index (χ1v) is 8.29. The number of imide groups is 1. The number of urea groups is 1. The number of nitrogens with zero attached hydrogens (tertiary/aromatic N) is 1. The maximum absolute atomic E-state index is 12.6. The molecule has 3 aliphatic rings. The standard InChI is InChI=1S/C16H24N2O3/c19-13(12-7-3-1-4-8-12)11-18-14(20)16(17-15(18)21)9-5-2-6-10-16/h12H,1-11H2,(H,17,21). The number of ketones is 1. The van der Waals surface area contributed by atoms with Crippen LogP contribution in [0.2, 0.25) is 0 Å². The van der Waals surface area contributed by atoms with Gasteiger partial charge in [-0.15, -0.1) is 0 Å². The van der Waals surface area contributed by atoms with E-state index in [1.54, 1.807) is 0 Å². The highest BCUT2D eigenvalue weighted by Gasteiger charge is 2.51. The Balaban J connectivity index is 1.66. The van der Waals surface area contributed by atoms with Crippen molar-refractivity contribution in [1.29, 1.82) is 0 Å². The van der Waals surface area contributed by atoms with Crippen LogP contribution in [0.4, 0.5) is 4.79 Å². The summed E-state index contributed by atoms with van der Waals surface area (Å²) >= 11 is 0. The molecule has 0 radical (unpaired) electrons. The largest absolute Gasteiger partial charge is 0.325 e. The van der Waals surface area contributed by atoms with Gasteiger partial charge in [-0.1, -0.05) is 38.5 Å². The maximum atomic E-state index is 12.6. The van der Waals surface area contributed by atoms with Crippen molar-refractivity contribution in [2.75, 3.05) is 6.54 Å². The minimum Gasteiger partial charge on any atom is -0.323 e. The molecule has 21 heavy (non-hydrogen) atoms. The van der Waals surface area contributed by atoms with Crippen LogP contribution < -0.4 is 5.32 Å². The summed E-state index contributed by atoms with van der Waals surface area (Å²) in [7, 11) is 0. The third-order valence-corrected chi connectivity index (χ3v) is 5.33. The lowest BCUT2D eigenvalue weighted by molar-refractivity contribution is -0.136. The molecule has 1 heterocycles. The summed E-state index contributed by atoms with van der Waals surface area (Å²) in [6.07, 6.45) is 9.66. The topological polar surface area (TPSA) is 66.5 Å². The molecule has 3 rings (SSSR count). The molecule has 1 N–H and O–H groups in total. The number of rotatable bonds is 3. The van der Waals surface area contributed by atoms with E-state index in [0.29, 0.717) is 12.8 Å². The third-order valence-electron chi connectivity index (χ3n) is 5.33. The first-order valence-electron chi connectivity index (χ1n) is 8.29. The van der Waals surface area contributed by atoms with Gasteiger partial charge in [0.1, 0.15) is 5.54 Å². The maximum Gasteiger partial charge on any atom is 0.325 e. The van der Waals surface area contributed by atoms with Crippen LogP contribution in [-0.2, 0) is 9.59 Å². The molecule has 0 unspecified atom stereocenters. The summed E-state index contributed by atoms with van der Waals surface area (Å²) < 4.78 is 0. The fraction of sp³-hybridized carbons (Fsp3) is 0.812. The van der Waals surface area contributed by atoms with Gasteiger partial charge in [0.25, 0.3) is 5.91 Å². The first-order chi connectivity index (χ1) is 10.1. The molecule has 1 aliphatic heterocycles. The monoisotopic (exact) mass is 292 g/mol. The summed E-state index contributed by atoms with van der Waals surface area (Å²) in [6.45, 7) is -0.0307. The second-order valence-corrected chi connectivity index (χ2v) is 6.77. The van der Waals surface area contributed by atoms with Crippen LogP contribution in [0.1, 0.15) is 64.2 Å². The van der Waals surface area contributed by atoms with Crippen molar-refractivity contribution in [3.8, 4) is 0 Å². The predicted molar refractivity (Wildman–Crippen MR) is 77.6 cm³/mol. The molecule has 0 aromatic carbocycles. The number of carbonyl (C=O) groups is 3. The van der Waals surface area contributed by atoms with Gasteiger partial charge in [-0.2, -0.15) is 0 Å². The van der Waals surface area contributed by atoms with Crippen LogP contribution in [0.15, 0.2) is 0 Å². The van der Waals surface area contributed by atoms with Crippen LogP contribution in [-0.4, -0.2) is 34.7 Å². The normalized spacial score (nSPS) is 26.2. The Labute approximate surface area is 125 Å². The molecule has 0 atom stereocenters. The lowest BCUT2D eigenvalue weighted by atomic mass is 9.81. The molecule has 5 nitrogen and oxygen atoms in total. The number of hydrogen-bond donors (Lipinski definition) is 1. The van der Waals surface area contributed by atoms with E-state index in [0.717, 1.165) is 44.9 Å². The molecule has 3 amide bonds. The Morgan fingerprint density at radius 2 is 1.67 bits per heavy atom. The molecular formula is C16H24N2O3. The second-order valence-electron chi connectivity index (χ2n) is 6.77. The minimum absolute atomic E-state index is 0.0307. The average molecular weight is 292 g/mol. The molecule has 2 saturated carbocycles. The van der Waals surface area contributed by atoms with Crippen LogP contribution in [0.25, 0.3) is 0 Å². The molecule has 0 aromatic rings. The van der Waals surface area contributed by atoms with Gasteiger partial charge in [0.2, 0.25) is 0 Å². The number of hydrogen-bond acceptors (Lipinski definition) is 3. The predicted octanol–water partition coefficient (Wildman–Crippen LogP) is 2.39. The van der Waals surface area contributed by atoms with Crippen molar-refractivity contribution >= 4 is 17.7 Å². The van der Waals surface area contributed by atoms with Crippen LogP contribution in [0, 0.1) is 5.92 Å². The quantitative estimate of drug-likeness (QED) is 0.812. The Bertz CT molecular complexity index is 448. The van der Waals surface area contributed by atoms with Crippen LogP contribution in [0.5, 0.6) is 0 Å². The average Bonchev–Trinajstić information content (AvgIpc) is 2.73. The Kier molecular flexibility index (Phi) is 4.00. The summed E-state index contributed by atoms with van der Waals surface area (Å²) in [6, 6.07) is -0.369. The molecule has 3 fully saturated rings. The molecule has 1 spiro atoms. The van der Waals surface area contributed by atoms with Crippen molar-refractivity contribution in [1.82, 2.24) is 10.2 Å². The fourth-order valence-corrected chi connectivity index (χ4v) is 4.02. The van der Waals surface area contributed by atoms with E-state index in [-0.39, 0.29) is 30.2 Å². The zero-order chi connectivity index (χ0) is 14.9.